The van der Waals surface area contributed by atoms with Gasteiger partial charge in [0, 0.05) is 11.3 Å². The molecule has 0 aliphatic rings. The number of ether oxygens (including phenoxy) is 2. The largest absolute Gasteiger partial charge is 0.504 e. The van der Waals surface area contributed by atoms with E-state index in [1.807, 2.05) is 60.0 Å². The van der Waals surface area contributed by atoms with E-state index in [0.29, 0.717) is 22.3 Å². The highest BCUT2D eigenvalue weighted by Crippen LogP contribution is 2.29. The Hall–Kier alpha value is -4.31. The van der Waals surface area contributed by atoms with Gasteiger partial charge in [-0.1, -0.05) is 41.6 Å². The summed E-state index contributed by atoms with van der Waals surface area (Å²) in [6.45, 7) is 2.03. The molecule has 0 atom stereocenters. The monoisotopic (exact) mass is 503 g/mol. The standard InChI is InChI=1S/C26H25N5O4S/c1-17-4-7-19(8-5-17)25-29-30-26(31(25)20-9-11-21(34-2)12-10-20)36-16-24(33)28-27-15-18-6-13-22(32)23(14-18)35-3/h4-15,32H,16H2,1-3H3,(H,28,33). The van der Waals surface area contributed by atoms with Crippen LogP contribution in [0.25, 0.3) is 17.1 Å². The van der Waals surface area contributed by atoms with E-state index < -0.39 is 0 Å². The molecule has 2 N–H and O–H groups in total. The van der Waals surface area contributed by atoms with Crippen molar-refractivity contribution in [1.82, 2.24) is 20.2 Å². The van der Waals surface area contributed by atoms with Crippen LogP contribution in [0.15, 0.2) is 77.0 Å². The van der Waals surface area contributed by atoms with Crippen LogP contribution in [0.3, 0.4) is 0 Å². The fraction of sp³-hybridized carbons (Fsp3) is 0.154. The molecular weight excluding hydrogens is 478 g/mol. The van der Waals surface area contributed by atoms with Gasteiger partial charge in [-0.25, -0.2) is 5.43 Å². The number of aryl methyl sites for hydroxylation is 1. The van der Waals surface area contributed by atoms with E-state index in [-0.39, 0.29) is 17.4 Å². The summed E-state index contributed by atoms with van der Waals surface area (Å²) in [5, 5.41) is 23.0. The lowest BCUT2D eigenvalue weighted by Crippen LogP contribution is -2.20. The summed E-state index contributed by atoms with van der Waals surface area (Å²) in [5.41, 5.74) is 6.07. The minimum Gasteiger partial charge on any atom is -0.504 e. The number of carbonyl (C=O) groups is 1. The molecule has 10 heteroatoms. The first-order valence-corrected chi connectivity index (χ1v) is 12.0. The van der Waals surface area contributed by atoms with Gasteiger partial charge in [-0.3, -0.25) is 9.36 Å². The molecule has 4 rings (SSSR count). The number of nitrogens with zero attached hydrogens (tertiary/aromatic N) is 4. The van der Waals surface area contributed by atoms with Gasteiger partial charge in [0.25, 0.3) is 5.91 Å². The minimum atomic E-state index is -0.303. The van der Waals surface area contributed by atoms with E-state index in [4.69, 9.17) is 9.47 Å². The van der Waals surface area contributed by atoms with Crippen molar-refractivity contribution in [2.24, 2.45) is 5.10 Å². The van der Waals surface area contributed by atoms with Crippen molar-refractivity contribution < 1.29 is 19.4 Å². The van der Waals surface area contributed by atoms with Gasteiger partial charge < -0.3 is 14.6 Å². The Kier molecular flexibility index (Phi) is 7.86. The maximum Gasteiger partial charge on any atom is 0.250 e. The number of phenolic OH excluding ortho intramolecular Hbond substituents is 1. The Morgan fingerprint density at radius 2 is 1.81 bits per heavy atom. The first-order valence-electron chi connectivity index (χ1n) is 11.0. The number of hydrogen-bond acceptors (Lipinski definition) is 8. The second-order valence-corrected chi connectivity index (χ2v) is 8.66. The molecule has 1 heterocycles. The average molecular weight is 504 g/mol. The summed E-state index contributed by atoms with van der Waals surface area (Å²) in [6, 6.07) is 20.4. The van der Waals surface area contributed by atoms with E-state index in [1.54, 1.807) is 19.2 Å². The van der Waals surface area contributed by atoms with Crippen LogP contribution in [0.2, 0.25) is 0 Å². The van der Waals surface area contributed by atoms with E-state index in [1.165, 1.54) is 31.2 Å². The first kappa shape index (κ1) is 24.8. The van der Waals surface area contributed by atoms with Gasteiger partial charge in [-0.05, 0) is 55.0 Å². The molecule has 0 saturated carbocycles. The number of rotatable bonds is 9. The Bertz CT molecular complexity index is 1370. The Balaban J connectivity index is 1.50. The van der Waals surface area contributed by atoms with E-state index >= 15 is 0 Å². The van der Waals surface area contributed by atoms with E-state index in [0.717, 1.165) is 22.6 Å². The van der Waals surface area contributed by atoms with E-state index in [9.17, 15) is 9.90 Å². The van der Waals surface area contributed by atoms with Crippen molar-refractivity contribution in [2.45, 2.75) is 12.1 Å². The molecule has 0 bridgehead atoms. The number of thioether (sulfide) groups is 1. The van der Waals surface area contributed by atoms with Gasteiger partial charge in [0.05, 0.1) is 26.2 Å². The van der Waals surface area contributed by atoms with Crippen molar-refractivity contribution in [2.75, 3.05) is 20.0 Å². The zero-order chi connectivity index (χ0) is 25.5. The number of hydrogen-bond donors (Lipinski definition) is 2. The first-order chi connectivity index (χ1) is 17.5. The van der Waals surface area contributed by atoms with Crippen molar-refractivity contribution in [3.05, 3.63) is 77.9 Å². The van der Waals surface area contributed by atoms with Crippen LogP contribution < -0.4 is 14.9 Å². The van der Waals surface area contributed by atoms with Crippen LogP contribution in [0.4, 0.5) is 0 Å². The Morgan fingerprint density at radius 3 is 2.50 bits per heavy atom. The smallest absolute Gasteiger partial charge is 0.250 e. The van der Waals surface area contributed by atoms with Gasteiger partial charge >= 0.3 is 0 Å². The van der Waals surface area contributed by atoms with Crippen molar-refractivity contribution in [3.63, 3.8) is 0 Å². The third-order valence-corrected chi connectivity index (χ3v) is 6.14. The second-order valence-electron chi connectivity index (χ2n) is 7.72. The number of benzene rings is 3. The molecule has 36 heavy (non-hydrogen) atoms. The number of phenols is 1. The normalized spacial score (nSPS) is 11.0. The quantitative estimate of drug-likeness (QED) is 0.200. The Morgan fingerprint density at radius 1 is 1.06 bits per heavy atom. The van der Waals surface area contributed by atoms with Gasteiger partial charge in [0.1, 0.15) is 5.75 Å². The predicted octanol–water partition coefficient (Wildman–Crippen LogP) is 4.21. The molecule has 1 aromatic heterocycles. The average Bonchev–Trinajstić information content (AvgIpc) is 3.32. The minimum absolute atomic E-state index is 0.0288. The van der Waals surface area contributed by atoms with Crippen LogP contribution in [-0.2, 0) is 4.79 Å². The number of hydrazone groups is 1. The van der Waals surface area contributed by atoms with Crippen LogP contribution in [-0.4, -0.2) is 52.0 Å². The number of nitrogens with one attached hydrogen (secondary N) is 1. The van der Waals surface area contributed by atoms with Crippen molar-refractivity contribution >= 4 is 23.9 Å². The van der Waals surface area contributed by atoms with Gasteiger partial charge in [0.2, 0.25) is 0 Å². The number of aromatic hydroxyl groups is 1. The molecule has 0 aliphatic heterocycles. The highest BCUT2D eigenvalue weighted by atomic mass is 32.2. The highest BCUT2D eigenvalue weighted by Gasteiger charge is 2.17. The van der Waals surface area contributed by atoms with E-state index in [2.05, 4.69) is 20.7 Å². The van der Waals surface area contributed by atoms with Crippen LogP contribution in [0.5, 0.6) is 17.2 Å². The SMILES string of the molecule is COc1ccc(-n2c(SCC(=O)NN=Cc3ccc(O)c(OC)c3)nnc2-c2ccc(C)cc2)cc1. The molecule has 4 aromatic rings. The molecule has 0 radical (unpaired) electrons. The molecule has 3 aromatic carbocycles. The lowest BCUT2D eigenvalue weighted by atomic mass is 10.1. The van der Waals surface area contributed by atoms with Crippen molar-refractivity contribution in [1.29, 1.82) is 0 Å². The zero-order valence-electron chi connectivity index (χ0n) is 20.0. The molecule has 1 amide bonds. The summed E-state index contributed by atoms with van der Waals surface area (Å²) < 4.78 is 12.3. The molecule has 0 unspecified atom stereocenters. The molecule has 9 nitrogen and oxygen atoms in total. The van der Waals surface area contributed by atoms with Crippen LogP contribution in [0.1, 0.15) is 11.1 Å². The molecule has 184 valence electrons. The van der Waals surface area contributed by atoms with Gasteiger partial charge in [0.15, 0.2) is 22.5 Å². The van der Waals surface area contributed by atoms with Gasteiger partial charge in [-0.2, -0.15) is 5.10 Å². The summed E-state index contributed by atoms with van der Waals surface area (Å²) in [7, 11) is 3.08. The number of carbonyl (C=O) groups excluding carboxylic acids is 1. The van der Waals surface area contributed by atoms with Crippen LogP contribution >= 0.6 is 11.8 Å². The maximum absolute atomic E-state index is 12.4. The van der Waals surface area contributed by atoms with Crippen molar-refractivity contribution in [3.8, 4) is 34.3 Å². The summed E-state index contributed by atoms with van der Waals surface area (Å²) in [4.78, 5) is 12.4. The molecule has 0 spiro atoms. The third-order valence-electron chi connectivity index (χ3n) is 5.21. The molecule has 0 saturated heterocycles. The third kappa shape index (κ3) is 5.84. The summed E-state index contributed by atoms with van der Waals surface area (Å²) in [6.07, 6.45) is 1.47. The van der Waals surface area contributed by atoms with Gasteiger partial charge in [-0.15, -0.1) is 10.2 Å². The second kappa shape index (κ2) is 11.4. The van der Waals surface area contributed by atoms with Crippen LogP contribution in [0, 0.1) is 6.92 Å². The lowest BCUT2D eigenvalue weighted by molar-refractivity contribution is -0.118. The number of methoxy groups -OCH3 is 2. The predicted molar refractivity (Wildman–Crippen MR) is 139 cm³/mol. The highest BCUT2D eigenvalue weighted by molar-refractivity contribution is 7.99. The molecular formula is C26H25N5O4S. The Labute approximate surface area is 212 Å². The maximum atomic E-state index is 12.4. The molecule has 0 fully saturated rings. The number of amides is 1. The molecule has 0 aliphatic carbocycles. The fourth-order valence-corrected chi connectivity index (χ4v) is 4.08. The fourth-order valence-electron chi connectivity index (χ4n) is 3.33. The lowest BCUT2D eigenvalue weighted by Gasteiger charge is -2.11. The summed E-state index contributed by atoms with van der Waals surface area (Å²) >= 11 is 1.25. The topological polar surface area (TPSA) is 111 Å². The summed E-state index contributed by atoms with van der Waals surface area (Å²) in [5.74, 6) is 1.54. The number of aromatic nitrogens is 3. The zero-order valence-corrected chi connectivity index (χ0v) is 20.8.